The Hall–Kier alpha value is -0.570. The van der Waals surface area contributed by atoms with Gasteiger partial charge in [-0.3, -0.25) is 0 Å². The van der Waals surface area contributed by atoms with Gasteiger partial charge in [-0.25, -0.2) is 0 Å². The topological polar surface area (TPSA) is 29.3 Å². The summed E-state index contributed by atoms with van der Waals surface area (Å²) < 4.78 is 0. The molecule has 17 heavy (non-hydrogen) atoms. The molecule has 1 fully saturated rings. The molecule has 0 aliphatic carbocycles. The predicted molar refractivity (Wildman–Crippen MR) is 73.4 cm³/mol. The lowest BCUT2D eigenvalue weighted by molar-refractivity contribution is 0.149. The second kappa shape index (κ2) is 5.85. The maximum absolute atomic E-state index is 5.97. The molecule has 1 aliphatic heterocycles. The fourth-order valence-electron chi connectivity index (χ4n) is 2.51. The number of nitrogens with zero attached hydrogens (tertiary/aromatic N) is 1. The van der Waals surface area contributed by atoms with Gasteiger partial charge < -0.3 is 10.6 Å². The van der Waals surface area contributed by atoms with Crippen LogP contribution in [0.25, 0.3) is 0 Å². The molecule has 94 valence electrons. The fourth-order valence-corrected chi connectivity index (χ4v) is 2.64. The summed E-state index contributed by atoms with van der Waals surface area (Å²) in [6.45, 7) is 4.53. The molecular formula is C14H21ClN2. The Bertz CT molecular complexity index is 350. The van der Waals surface area contributed by atoms with E-state index in [0.29, 0.717) is 12.1 Å². The second-order valence-electron chi connectivity index (χ2n) is 5.05. The van der Waals surface area contributed by atoms with Crippen molar-refractivity contribution in [2.45, 2.75) is 38.3 Å². The summed E-state index contributed by atoms with van der Waals surface area (Å²) in [6.07, 6.45) is 3.35. The largest absolute Gasteiger partial charge is 0.328 e. The van der Waals surface area contributed by atoms with Gasteiger partial charge in [-0.15, -0.1) is 0 Å². The third-order valence-corrected chi connectivity index (χ3v) is 3.91. The molecule has 0 saturated carbocycles. The molecule has 0 aromatic heterocycles. The third-order valence-electron chi connectivity index (χ3n) is 3.66. The Morgan fingerprint density at radius 1 is 1.35 bits per heavy atom. The van der Waals surface area contributed by atoms with Gasteiger partial charge >= 0.3 is 0 Å². The smallest absolute Gasteiger partial charge is 0.0406 e. The summed E-state index contributed by atoms with van der Waals surface area (Å²) in [6, 6.07) is 9.17. The normalized spacial score (nSPS) is 26.1. The highest BCUT2D eigenvalue weighted by Crippen LogP contribution is 2.17. The Labute approximate surface area is 109 Å². The van der Waals surface area contributed by atoms with E-state index in [0.717, 1.165) is 37.4 Å². The van der Waals surface area contributed by atoms with Crippen molar-refractivity contribution in [2.24, 2.45) is 5.73 Å². The molecule has 1 aromatic carbocycles. The van der Waals surface area contributed by atoms with E-state index in [1.165, 1.54) is 5.56 Å². The molecule has 2 rings (SSSR count). The summed E-state index contributed by atoms with van der Waals surface area (Å²) in [7, 11) is 0. The minimum atomic E-state index is 0.400. The molecule has 0 amide bonds. The summed E-state index contributed by atoms with van der Waals surface area (Å²) >= 11 is 5.88. The van der Waals surface area contributed by atoms with Crippen molar-refractivity contribution in [3.63, 3.8) is 0 Å². The number of rotatable bonds is 3. The van der Waals surface area contributed by atoms with E-state index in [1.807, 2.05) is 12.1 Å². The van der Waals surface area contributed by atoms with Gasteiger partial charge in [-0.05, 0) is 50.4 Å². The maximum atomic E-state index is 5.97. The molecule has 1 aromatic rings. The van der Waals surface area contributed by atoms with Gasteiger partial charge in [-0.1, -0.05) is 23.7 Å². The Balaban J connectivity index is 1.83. The number of hydrogen-bond acceptors (Lipinski definition) is 2. The van der Waals surface area contributed by atoms with Crippen molar-refractivity contribution in [1.82, 2.24) is 4.90 Å². The quantitative estimate of drug-likeness (QED) is 0.896. The number of benzene rings is 1. The van der Waals surface area contributed by atoms with Gasteiger partial charge in [0.25, 0.3) is 0 Å². The van der Waals surface area contributed by atoms with E-state index < -0.39 is 0 Å². The van der Waals surface area contributed by atoms with Crippen LogP contribution in [0.15, 0.2) is 24.3 Å². The lowest BCUT2D eigenvalue weighted by atomic mass is 9.98. The average molecular weight is 253 g/mol. The van der Waals surface area contributed by atoms with Gasteiger partial charge in [0.05, 0.1) is 0 Å². The van der Waals surface area contributed by atoms with Crippen LogP contribution in [0.4, 0.5) is 0 Å². The van der Waals surface area contributed by atoms with Crippen LogP contribution in [0.2, 0.25) is 5.02 Å². The van der Waals surface area contributed by atoms with Crippen molar-refractivity contribution in [1.29, 1.82) is 0 Å². The molecule has 2 nitrogen and oxygen atoms in total. The van der Waals surface area contributed by atoms with Crippen LogP contribution < -0.4 is 5.73 Å². The van der Waals surface area contributed by atoms with Gasteiger partial charge in [0.2, 0.25) is 0 Å². The number of nitrogens with two attached hydrogens (primary N) is 1. The van der Waals surface area contributed by atoms with E-state index in [2.05, 4.69) is 24.0 Å². The first-order valence-corrected chi connectivity index (χ1v) is 6.77. The third kappa shape index (κ3) is 3.70. The minimum Gasteiger partial charge on any atom is -0.328 e. The number of piperidine rings is 1. The Kier molecular flexibility index (Phi) is 4.43. The first kappa shape index (κ1) is 12.9. The van der Waals surface area contributed by atoms with E-state index in [1.54, 1.807) is 0 Å². The standard InChI is InChI=1S/C14H21ClN2/c1-11-10-14(16)7-9-17(11)8-6-12-2-4-13(15)5-3-12/h2-5,11,14H,6-10,16H2,1H3. The van der Waals surface area contributed by atoms with E-state index in [9.17, 15) is 0 Å². The average Bonchev–Trinajstić information content (AvgIpc) is 2.30. The minimum absolute atomic E-state index is 0.400. The molecule has 2 unspecified atom stereocenters. The van der Waals surface area contributed by atoms with Crippen LogP contribution in [0.1, 0.15) is 25.3 Å². The Morgan fingerprint density at radius 3 is 2.71 bits per heavy atom. The molecule has 1 saturated heterocycles. The zero-order valence-corrected chi connectivity index (χ0v) is 11.2. The first-order valence-electron chi connectivity index (χ1n) is 6.39. The summed E-state index contributed by atoms with van der Waals surface area (Å²) in [4.78, 5) is 2.54. The molecule has 0 radical (unpaired) electrons. The van der Waals surface area contributed by atoms with Crippen LogP contribution in [0, 0.1) is 0 Å². The highest BCUT2D eigenvalue weighted by atomic mass is 35.5. The highest BCUT2D eigenvalue weighted by Gasteiger charge is 2.22. The Morgan fingerprint density at radius 2 is 2.06 bits per heavy atom. The van der Waals surface area contributed by atoms with Gasteiger partial charge in [0, 0.05) is 23.7 Å². The lowest BCUT2D eigenvalue weighted by Gasteiger charge is -2.36. The number of likely N-dealkylation sites (tertiary alicyclic amines) is 1. The molecule has 1 heterocycles. The summed E-state index contributed by atoms with van der Waals surface area (Å²) in [5.74, 6) is 0. The zero-order chi connectivity index (χ0) is 12.3. The molecule has 1 aliphatic rings. The molecular weight excluding hydrogens is 232 g/mol. The van der Waals surface area contributed by atoms with Crippen molar-refractivity contribution in [3.05, 3.63) is 34.9 Å². The van der Waals surface area contributed by atoms with Gasteiger partial charge in [0.15, 0.2) is 0 Å². The molecule has 0 spiro atoms. The zero-order valence-electron chi connectivity index (χ0n) is 10.4. The monoisotopic (exact) mass is 252 g/mol. The summed E-state index contributed by atoms with van der Waals surface area (Å²) in [5, 5.41) is 0.811. The summed E-state index contributed by atoms with van der Waals surface area (Å²) in [5.41, 5.74) is 7.33. The predicted octanol–water partition coefficient (Wildman–Crippen LogP) is 2.69. The number of halogens is 1. The first-order chi connectivity index (χ1) is 8.15. The van der Waals surface area contributed by atoms with Crippen LogP contribution in [0.5, 0.6) is 0 Å². The molecule has 2 N–H and O–H groups in total. The highest BCUT2D eigenvalue weighted by molar-refractivity contribution is 6.30. The fraction of sp³-hybridized carbons (Fsp3) is 0.571. The van der Waals surface area contributed by atoms with Gasteiger partial charge in [0.1, 0.15) is 0 Å². The number of hydrogen-bond donors (Lipinski definition) is 1. The SMILES string of the molecule is CC1CC(N)CCN1CCc1ccc(Cl)cc1. The molecule has 3 heteroatoms. The van der Waals surface area contributed by atoms with Crippen LogP contribution in [0.3, 0.4) is 0 Å². The van der Waals surface area contributed by atoms with E-state index >= 15 is 0 Å². The second-order valence-corrected chi connectivity index (χ2v) is 5.48. The van der Waals surface area contributed by atoms with Crippen LogP contribution in [-0.2, 0) is 6.42 Å². The van der Waals surface area contributed by atoms with Gasteiger partial charge in [-0.2, -0.15) is 0 Å². The van der Waals surface area contributed by atoms with Crippen molar-refractivity contribution < 1.29 is 0 Å². The van der Waals surface area contributed by atoms with Crippen molar-refractivity contribution in [2.75, 3.05) is 13.1 Å². The van der Waals surface area contributed by atoms with Crippen molar-refractivity contribution in [3.8, 4) is 0 Å². The molecule has 2 atom stereocenters. The van der Waals surface area contributed by atoms with Crippen molar-refractivity contribution >= 4 is 11.6 Å². The van der Waals surface area contributed by atoms with Crippen LogP contribution >= 0.6 is 11.6 Å². The lowest BCUT2D eigenvalue weighted by Crippen LogP contribution is -2.46. The van der Waals surface area contributed by atoms with E-state index in [4.69, 9.17) is 17.3 Å². The maximum Gasteiger partial charge on any atom is 0.0406 e. The molecule has 0 bridgehead atoms. The van der Waals surface area contributed by atoms with Crippen LogP contribution in [-0.4, -0.2) is 30.1 Å². The van der Waals surface area contributed by atoms with E-state index in [-0.39, 0.29) is 0 Å².